The fraction of sp³-hybridized carbons (Fsp3) is 0.368. The van der Waals surface area contributed by atoms with Crippen LogP contribution in [-0.2, 0) is 14.3 Å². The molecule has 2 aliphatic rings. The first kappa shape index (κ1) is 21.5. The Morgan fingerprint density at radius 2 is 1.90 bits per heavy atom. The number of likely N-dealkylation sites (tertiary alicyclic amines) is 1. The average molecular weight is 425 g/mol. The van der Waals surface area contributed by atoms with Crippen molar-refractivity contribution >= 4 is 28.7 Å². The summed E-state index contributed by atoms with van der Waals surface area (Å²) in [4.78, 5) is 41.2. The number of fused-ring (bicyclic) bond motifs is 2. The number of aliphatic carboxylic acids is 1. The van der Waals surface area contributed by atoms with Gasteiger partial charge in [0.1, 0.15) is 6.61 Å². The van der Waals surface area contributed by atoms with Crippen molar-refractivity contribution in [3.8, 4) is 0 Å². The highest BCUT2D eigenvalue weighted by Gasteiger charge is 2.43. The molecule has 2 aromatic rings. The maximum Gasteiger partial charge on any atom is 0.490 e. The molecule has 11 heteroatoms. The van der Waals surface area contributed by atoms with E-state index in [-0.39, 0.29) is 30.6 Å². The zero-order valence-corrected chi connectivity index (χ0v) is 15.8. The maximum absolute atomic E-state index is 12.7. The second-order valence-electron chi connectivity index (χ2n) is 6.85. The van der Waals surface area contributed by atoms with E-state index in [2.05, 4.69) is 4.98 Å². The molecule has 2 amide bonds. The first-order valence-electron chi connectivity index (χ1n) is 8.89. The Bertz CT molecular complexity index is 981. The molecule has 2 aliphatic heterocycles. The van der Waals surface area contributed by atoms with E-state index in [1.807, 2.05) is 30.3 Å². The number of hydrogen-bond acceptors (Lipinski definition) is 5. The lowest BCUT2D eigenvalue weighted by molar-refractivity contribution is -0.192. The predicted octanol–water partition coefficient (Wildman–Crippen LogP) is 1.55. The second kappa shape index (κ2) is 8.27. The van der Waals surface area contributed by atoms with Crippen molar-refractivity contribution in [2.45, 2.75) is 18.3 Å². The van der Waals surface area contributed by atoms with E-state index in [1.165, 1.54) is 0 Å². The third-order valence-electron chi connectivity index (χ3n) is 4.92. The zero-order chi connectivity index (χ0) is 22.1. The van der Waals surface area contributed by atoms with Gasteiger partial charge in [-0.25, -0.2) is 4.79 Å². The standard InChI is InChI=1S/C17H17N3O3.C2HF3O2/c1-19-14-8-20(9-15(14)23-10-16(19)21)17(22)12-6-11-4-2-3-5-13(11)18-7-12;3-2(4,5)1(6)7/h2-7,14-15H,8-10H2,1H3;(H,6,7)/t14-,15-;/m1./s1. The van der Waals surface area contributed by atoms with Crippen LogP contribution in [-0.4, -0.2) is 82.7 Å². The number of likely N-dealkylation sites (N-methyl/N-ethyl adjacent to an activating group) is 1. The van der Waals surface area contributed by atoms with Gasteiger partial charge < -0.3 is 19.6 Å². The molecule has 3 heterocycles. The van der Waals surface area contributed by atoms with Gasteiger partial charge in [-0.2, -0.15) is 13.2 Å². The molecule has 0 bridgehead atoms. The van der Waals surface area contributed by atoms with Gasteiger partial charge in [-0.15, -0.1) is 0 Å². The van der Waals surface area contributed by atoms with Crippen molar-refractivity contribution < 1.29 is 37.4 Å². The minimum absolute atomic E-state index is 0.0343. The molecule has 0 radical (unpaired) electrons. The number of carbonyl (C=O) groups excluding carboxylic acids is 2. The van der Waals surface area contributed by atoms with Crippen LogP contribution in [0.4, 0.5) is 13.2 Å². The fourth-order valence-corrected chi connectivity index (χ4v) is 3.29. The highest BCUT2D eigenvalue weighted by atomic mass is 19.4. The largest absolute Gasteiger partial charge is 0.490 e. The van der Waals surface area contributed by atoms with Gasteiger partial charge in [0.25, 0.3) is 5.91 Å². The number of amides is 2. The van der Waals surface area contributed by atoms with Crippen LogP contribution in [0.1, 0.15) is 10.4 Å². The summed E-state index contributed by atoms with van der Waals surface area (Å²) in [5.41, 5.74) is 1.43. The summed E-state index contributed by atoms with van der Waals surface area (Å²) in [6.45, 7) is 1.10. The Hall–Kier alpha value is -3.21. The van der Waals surface area contributed by atoms with Crippen LogP contribution < -0.4 is 0 Å². The summed E-state index contributed by atoms with van der Waals surface area (Å²) in [7, 11) is 1.77. The number of morpholine rings is 1. The van der Waals surface area contributed by atoms with Crippen LogP contribution in [0.2, 0.25) is 0 Å². The number of para-hydroxylation sites is 1. The van der Waals surface area contributed by atoms with Crippen LogP contribution in [0.15, 0.2) is 36.5 Å². The summed E-state index contributed by atoms with van der Waals surface area (Å²) >= 11 is 0. The Morgan fingerprint density at radius 1 is 1.23 bits per heavy atom. The predicted molar refractivity (Wildman–Crippen MR) is 97.6 cm³/mol. The molecule has 0 saturated carbocycles. The molecule has 1 N–H and O–H groups in total. The molecule has 2 saturated heterocycles. The van der Waals surface area contributed by atoms with E-state index in [1.54, 1.807) is 23.0 Å². The fourth-order valence-electron chi connectivity index (χ4n) is 3.29. The number of halogens is 3. The van der Waals surface area contributed by atoms with Gasteiger partial charge in [0.15, 0.2) is 0 Å². The van der Waals surface area contributed by atoms with Crippen molar-refractivity contribution in [2.75, 3.05) is 26.7 Å². The van der Waals surface area contributed by atoms with E-state index < -0.39 is 12.1 Å². The number of carbonyl (C=O) groups is 3. The lowest BCUT2D eigenvalue weighted by Crippen LogP contribution is -2.51. The third-order valence-corrected chi connectivity index (χ3v) is 4.92. The molecule has 2 fully saturated rings. The summed E-state index contributed by atoms with van der Waals surface area (Å²) < 4.78 is 37.3. The molecule has 30 heavy (non-hydrogen) atoms. The van der Waals surface area contributed by atoms with Crippen molar-refractivity contribution in [1.82, 2.24) is 14.8 Å². The molecule has 2 atom stereocenters. The molecule has 4 rings (SSSR count). The summed E-state index contributed by atoms with van der Waals surface area (Å²) in [5.74, 6) is -2.86. The second-order valence-corrected chi connectivity index (χ2v) is 6.85. The van der Waals surface area contributed by atoms with Crippen LogP contribution in [0, 0.1) is 0 Å². The van der Waals surface area contributed by atoms with Gasteiger partial charge in [0.2, 0.25) is 5.91 Å². The van der Waals surface area contributed by atoms with Crippen LogP contribution in [0.3, 0.4) is 0 Å². The first-order valence-corrected chi connectivity index (χ1v) is 8.89. The number of benzene rings is 1. The molecule has 0 aliphatic carbocycles. The first-order chi connectivity index (χ1) is 14.1. The number of aromatic nitrogens is 1. The van der Waals surface area contributed by atoms with Gasteiger partial charge in [-0.1, -0.05) is 18.2 Å². The normalized spacial score (nSPS) is 21.1. The molecule has 0 spiro atoms. The lowest BCUT2D eigenvalue weighted by atomic mass is 10.1. The van der Waals surface area contributed by atoms with Crippen LogP contribution in [0.5, 0.6) is 0 Å². The molecule has 0 unspecified atom stereocenters. The van der Waals surface area contributed by atoms with E-state index in [4.69, 9.17) is 14.6 Å². The number of carboxylic acid groups (broad SMARTS) is 1. The summed E-state index contributed by atoms with van der Waals surface area (Å²) in [6.07, 6.45) is -3.57. The van der Waals surface area contributed by atoms with Crippen LogP contribution >= 0.6 is 0 Å². The smallest absolute Gasteiger partial charge is 0.475 e. The molecule has 1 aromatic carbocycles. The third kappa shape index (κ3) is 4.51. The average Bonchev–Trinajstić information content (AvgIpc) is 3.15. The monoisotopic (exact) mass is 425 g/mol. The van der Waals surface area contributed by atoms with Gasteiger partial charge in [0.05, 0.1) is 23.2 Å². The van der Waals surface area contributed by atoms with E-state index in [0.29, 0.717) is 18.7 Å². The van der Waals surface area contributed by atoms with Crippen molar-refractivity contribution in [2.24, 2.45) is 0 Å². The SMILES string of the molecule is CN1C(=O)CO[C@@H]2CN(C(=O)c3cnc4ccccc4c3)C[C@H]21.O=C(O)C(F)(F)F. The number of nitrogens with zero attached hydrogens (tertiary/aromatic N) is 3. The number of ether oxygens (including phenoxy) is 1. The van der Waals surface area contributed by atoms with Crippen molar-refractivity contribution in [3.63, 3.8) is 0 Å². The van der Waals surface area contributed by atoms with Gasteiger partial charge in [-0.05, 0) is 12.1 Å². The number of rotatable bonds is 1. The maximum atomic E-state index is 12.7. The van der Waals surface area contributed by atoms with Gasteiger partial charge in [0, 0.05) is 31.7 Å². The highest BCUT2D eigenvalue weighted by molar-refractivity contribution is 5.97. The Balaban J connectivity index is 0.000000318. The zero-order valence-electron chi connectivity index (χ0n) is 15.8. The molecule has 1 aromatic heterocycles. The molecular formula is C19H18F3N3O5. The number of carboxylic acids is 1. The number of alkyl halides is 3. The van der Waals surface area contributed by atoms with Crippen LogP contribution in [0.25, 0.3) is 10.9 Å². The number of hydrogen-bond donors (Lipinski definition) is 1. The van der Waals surface area contributed by atoms with Crippen molar-refractivity contribution in [3.05, 3.63) is 42.1 Å². The Morgan fingerprint density at radius 3 is 2.57 bits per heavy atom. The highest BCUT2D eigenvalue weighted by Crippen LogP contribution is 2.24. The summed E-state index contributed by atoms with van der Waals surface area (Å²) in [6, 6.07) is 9.51. The molecule has 8 nitrogen and oxygen atoms in total. The van der Waals surface area contributed by atoms with Crippen molar-refractivity contribution in [1.29, 1.82) is 0 Å². The minimum atomic E-state index is -5.08. The summed E-state index contributed by atoms with van der Waals surface area (Å²) in [5, 5.41) is 8.07. The van der Waals surface area contributed by atoms with E-state index in [9.17, 15) is 22.8 Å². The van der Waals surface area contributed by atoms with Gasteiger partial charge >= 0.3 is 12.1 Å². The van der Waals surface area contributed by atoms with Gasteiger partial charge in [-0.3, -0.25) is 14.6 Å². The van der Waals surface area contributed by atoms with E-state index >= 15 is 0 Å². The Kier molecular flexibility index (Phi) is 5.92. The molecular weight excluding hydrogens is 407 g/mol. The quantitative estimate of drug-likeness (QED) is 0.744. The van der Waals surface area contributed by atoms with E-state index in [0.717, 1.165) is 10.9 Å². The minimum Gasteiger partial charge on any atom is -0.475 e. The molecule has 160 valence electrons. The topological polar surface area (TPSA) is 100 Å². The lowest BCUT2D eigenvalue weighted by Gasteiger charge is -2.33. The number of pyridine rings is 1. The Labute approximate surface area is 168 Å².